The predicted octanol–water partition coefficient (Wildman–Crippen LogP) is -0.260. The fourth-order valence-corrected chi connectivity index (χ4v) is 4.80. The third-order valence-corrected chi connectivity index (χ3v) is 6.26. The number of hydrogen-bond donors (Lipinski definition) is 1. The van der Waals surface area contributed by atoms with Crippen molar-refractivity contribution in [2.45, 2.75) is 19.0 Å². The molecule has 1 aliphatic heterocycles. The number of aromatic carboxylic acids is 1. The van der Waals surface area contributed by atoms with E-state index in [0.29, 0.717) is 6.42 Å². The van der Waals surface area contributed by atoms with Crippen molar-refractivity contribution in [3.63, 3.8) is 0 Å². The Morgan fingerprint density at radius 2 is 1.96 bits per heavy atom. The van der Waals surface area contributed by atoms with Gasteiger partial charge in [-0.25, -0.2) is 17.9 Å². The quantitative estimate of drug-likeness (QED) is 0.775. The molecule has 1 unspecified atom stereocenters. The second-order valence-electron chi connectivity index (χ2n) is 6.22. The van der Waals surface area contributed by atoms with E-state index >= 15 is 0 Å². The van der Waals surface area contributed by atoms with Crippen LogP contribution >= 0.6 is 0 Å². The minimum atomic E-state index is -3.16. The standard InChI is InChI=1S/C16H17N3O6S/c1-18(10-6-7-26(24,25)9-10)13(20)8-19-15(21)12-5-3-2-4-11(12)14(17-19)16(22)23/h2-5,10H,6-9H2,1H3,(H,22,23). The molecule has 2 heterocycles. The summed E-state index contributed by atoms with van der Waals surface area (Å²) >= 11 is 0. The lowest BCUT2D eigenvalue weighted by Crippen LogP contribution is -2.42. The highest BCUT2D eigenvalue weighted by molar-refractivity contribution is 7.91. The van der Waals surface area contributed by atoms with Gasteiger partial charge in [0.05, 0.1) is 16.9 Å². The minimum Gasteiger partial charge on any atom is -0.476 e. The molecular weight excluding hydrogens is 362 g/mol. The Labute approximate surface area is 148 Å². The van der Waals surface area contributed by atoms with Crippen molar-refractivity contribution in [1.29, 1.82) is 0 Å². The number of nitrogens with zero attached hydrogens (tertiary/aromatic N) is 3. The highest BCUT2D eigenvalue weighted by Crippen LogP contribution is 2.17. The van der Waals surface area contributed by atoms with Crippen LogP contribution in [0.4, 0.5) is 0 Å². The number of amides is 1. The van der Waals surface area contributed by atoms with Crippen molar-refractivity contribution >= 4 is 32.5 Å². The van der Waals surface area contributed by atoms with Crippen molar-refractivity contribution in [2.24, 2.45) is 0 Å². The van der Waals surface area contributed by atoms with E-state index in [-0.39, 0.29) is 28.0 Å². The maximum atomic E-state index is 12.5. The lowest BCUT2D eigenvalue weighted by atomic mass is 10.1. The first-order chi connectivity index (χ1) is 12.2. The first-order valence-electron chi connectivity index (χ1n) is 7.89. The summed E-state index contributed by atoms with van der Waals surface area (Å²) in [7, 11) is -1.69. The maximum absolute atomic E-state index is 12.5. The topological polar surface area (TPSA) is 127 Å². The molecule has 0 aliphatic carbocycles. The van der Waals surface area contributed by atoms with Gasteiger partial charge in [-0.3, -0.25) is 9.59 Å². The number of rotatable bonds is 4. The first kappa shape index (κ1) is 18.1. The van der Waals surface area contributed by atoms with Gasteiger partial charge in [0.15, 0.2) is 15.5 Å². The molecule has 2 aromatic rings. The third-order valence-electron chi connectivity index (χ3n) is 4.50. The summed E-state index contributed by atoms with van der Waals surface area (Å²) in [4.78, 5) is 37.7. The number of sulfone groups is 1. The molecule has 1 aliphatic rings. The molecule has 1 amide bonds. The van der Waals surface area contributed by atoms with Gasteiger partial charge in [0.25, 0.3) is 5.56 Å². The Kier molecular flexibility index (Phi) is 4.53. The van der Waals surface area contributed by atoms with E-state index < -0.39 is 39.9 Å². The molecule has 1 saturated heterocycles. The second-order valence-corrected chi connectivity index (χ2v) is 8.45. The second kappa shape index (κ2) is 6.52. The Hall–Kier alpha value is -2.75. The Morgan fingerprint density at radius 1 is 1.31 bits per heavy atom. The van der Waals surface area contributed by atoms with E-state index in [1.165, 1.54) is 24.1 Å². The number of aromatic nitrogens is 2. The molecule has 138 valence electrons. The van der Waals surface area contributed by atoms with Crippen LogP contribution in [0.25, 0.3) is 10.8 Å². The number of benzene rings is 1. The van der Waals surface area contributed by atoms with Gasteiger partial charge in [0, 0.05) is 18.5 Å². The van der Waals surface area contributed by atoms with Crippen LogP contribution in [0.5, 0.6) is 0 Å². The van der Waals surface area contributed by atoms with Crippen LogP contribution < -0.4 is 5.56 Å². The van der Waals surface area contributed by atoms with Crippen molar-refractivity contribution in [2.75, 3.05) is 18.6 Å². The smallest absolute Gasteiger partial charge is 0.357 e. The molecule has 0 radical (unpaired) electrons. The molecule has 0 spiro atoms. The van der Waals surface area contributed by atoms with Crippen LogP contribution in [0, 0.1) is 0 Å². The monoisotopic (exact) mass is 379 g/mol. The number of hydrogen-bond acceptors (Lipinski definition) is 6. The van der Waals surface area contributed by atoms with Crippen molar-refractivity contribution < 1.29 is 23.1 Å². The highest BCUT2D eigenvalue weighted by atomic mass is 32.2. The van der Waals surface area contributed by atoms with Crippen molar-refractivity contribution in [1.82, 2.24) is 14.7 Å². The average molecular weight is 379 g/mol. The molecule has 26 heavy (non-hydrogen) atoms. The fraction of sp³-hybridized carbons (Fsp3) is 0.375. The van der Waals surface area contributed by atoms with Crippen LogP contribution in [0.2, 0.25) is 0 Å². The molecule has 1 atom stereocenters. The molecule has 1 aromatic heterocycles. The zero-order chi connectivity index (χ0) is 19.1. The molecular formula is C16H17N3O6S. The predicted molar refractivity (Wildman–Crippen MR) is 92.8 cm³/mol. The Bertz CT molecular complexity index is 1060. The van der Waals surface area contributed by atoms with Crippen LogP contribution in [0.3, 0.4) is 0 Å². The number of fused-ring (bicyclic) bond motifs is 1. The van der Waals surface area contributed by atoms with Gasteiger partial charge in [0.2, 0.25) is 5.91 Å². The van der Waals surface area contributed by atoms with Gasteiger partial charge >= 0.3 is 5.97 Å². The number of likely N-dealkylation sites (N-methyl/N-ethyl adjacent to an activating group) is 1. The Balaban J connectivity index is 1.93. The summed E-state index contributed by atoms with van der Waals surface area (Å²) < 4.78 is 24.0. The SMILES string of the molecule is CN(C(=O)Cn1nc(C(=O)O)c2ccccc2c1=O)C1CCS(=O)(=O)C1. The average Bonchev–Trinajstić information content (AvgIpc) is 2.96. The number of carboxylic acid groups (broad SMARTS) is 1. The molecule has 0 saturated carbocycles. The van der Waals surface area contributed by atoms with E-state index in [4.69, 9.17) is 0 Å². The van der Waals surface area contributed by atoms with E-state index in [1.54, 1.807) is 12.1 Å². The van der Waals surface area contributed by atoms with Crippen LogP contribution in [0.1, 0.15) is 16.9 Å². The van der Waals surface area contributed by atoms with Crippen molar-refractivity contribution in [3.8, 4) is 0 Å². The zero-order valence-electron chi connectivity index (χ0n) is 14.0. The molecule has 1 aromatic carbocycles. The molecule has 0 bridgehead atoms. The van der Waals surface area contributed by atoms with E-state index in [2.05, 4.69) is 5.10 Å². The summed E-state index contributed by atoms with van der Waals surface area (Å²) in [6.45, 7) is -0.461. The van der Waals surface area contributed by atoms with Gasteiger partial charge in [-0.05, 0) is 12.5 Å². The van der Waals surface area contributed by atoms with E-state index in [0.717, 1.165) is 4.68 Å². The molecule has 1 N–H and O–H groups in total. The summed E-state index contributed by atoms with van der Waals surface area (Å²) in [6.07, 6.45) is 0.338. The van der Waals surface area contributed by atoms with E-state index in [1.807, 2.05) is 0 Å². The summed E-state index contributed by atoms with van der Waals surface area (Å²) in [6, 6.07) is 5.69. The molecule has 10 heteroatoms. The van der Waals surface area contributed by atoms with Crippen molar-refractivity contribution in [3.05, 3.63) is 40.3 Å². The largest absolute Gasteiger partial charge is 0.476 e. The Morgan fingerprint density at radius 3 is 2.54 bits per heavy atom. The number of carbonyl (C=O) groups is 2. The summed E-state index contributed by atoms with van der Waals surface area (Å²) in [5, 5.41) is 13.5. The number of carbonyl (C=O) groups excluding carboxylic acids is 1. The lowest BCUT2D eigenvalue weighted by molar-refractivity contribution is -0.132. The lowest BCUT2D eigenvalue weighted by Gasteiger charge is -2.23. The maximum Gasteiger partial charge on any atom is 0.357 e. The summed E-state index contributed by atoms with van der Waals surface area (Å²) in [5.41, 5.74) is -0.898. The zero-order valence-corrected chi connectivity index (χ0v) is 14.8. The molecule has 9 nitrogen and oxygen atoms in total. The van der Waals surface area contributed by atoms with Gasteiger partial charge in [-0.15, -0.1) is 0 Å². The van der Waals surface area contributed by atoms with Crippen LogP contribution in [-0.4, -0.2) is 64.7 Å². The first-order valence-corrected chi connectivity index (χ1v) is 9.71. The van der Waals surface area contributed by atoms with Crippen LogP contribution in [0.15, 0.2) is 29.1 Å². The third kappa shape index (κ3) is 3.32. The number of carboxylic acids is 1. The minimum absolute atomic E-state index is 0.0205. The normalized spacial score (nSPS) is 18.7. The van der Waals surface area contributed by atoms with Gasteiger partial charge in [-0.1, -0.05) is 18.2 Å². The van der Waals surface area contributed by atoms with Gasteiger partial charge < -0.3 is 10.0 Å². The highest BCUT2D eigenvalue weighted by Gasteiger charge is 2.33. The van der Waals surface area contributed by atoms with E-state index in [9.17, 15) is 27.9 Å². The summed E-state index contributed by atoms with van der Waals surface area (Å²) in [5.74, 6) is -1.91. The van der Waals surface area contributed by atoms with Gasteiger partial charge in [-0.2, -0.15) is 5.10 Å². The molecule has 1 fully saturated rings. The van der Waals surface area contributed by atoms with Gasteiger partial charge in [0.1, 0.15) is 6.54 Å². The fourth-order valence-electron chi connectivity index (χ4n) is 3.02. The molecule has 3 rings (SSSR count). The van der Waals surface area contributed by atoms with Crippen LogP contribution in [-0.2, 0) is 21.2 Å².